The van der Waals surface area contributed by atoms with Crippen molar-refractivity contribution in [2.24, 2.45) is 0 Å². The molecule has 1 N–H and O–H groups in total. The molecule has 2 atom stereocenters. The van der Waals surface area contributed by atoms with Crippen molar-refractivity contribution in [1.82, 2.24) is 15.1 Å². The van der Waals surface area contributed by atoms with Gasteiger partial charge in [-0.3, -0.25) is 9.80 Å². The number of piperazine rings is 1. The third-order valence-corrected chi connectivity index (χ3v) is 5.23. The van der Waals surface area contributed by atoms with Crippen LogP contribution in [0.25, 0.3) is 0 Å². The Labute approximate surface area is 130 Å². The van der Waals surface area contributed by atoms with E-state index in [-0.39, 0.29) is 0 Å². The van der Waals surface area contributed by atoms with Gasteiger partial charge in [0.25, 0.3) is 0 Å². The Bertz CT molecular complexity index is 445. The summed E-state index contributed by atoms with van der Waals surface area (Å²) in [4.78, 5) is 5.30. The van der Waals surface area contributed by atoms with Crippen LogP contribution in [0.3, 0.4) is 0 Å². The van der Waals surface area contributed by atoms with Gasteiger partial charge in [0.1, 0.15) is 0 Å². The third-order valence-electron chi connectivity index (χ3n) is 4.74. The summed E-state index contributed by atoms with van der Waals surface area (Å²) < 4.78 is 1.18. The van der Waals surface area contributed by atoms with Crippen LogP contribution in [0.5, 0.6) is 0 Å². The molecule has 2 heterocycles. The lowest BCUT2D eigenvalue weighted by molar-refractivity contribution is 0.162. The van der Waals surface area contributed by atoms with Crippen molar-refractivity contribution in [3.05, 3.63) is 34.3 Å². The van der Waals surface area contributed by atoms with Crippen molar-refractivity contribution in [2.75, 3.05) is 39.3 Å². The number of nitrogens with zero attached hydrogens (tertiary/aromatic N) is 2. The number of likely N-dealkylation sites (tertiary alicyclic amines) is 1. The molecule has 2 saturated heterocycles. The molecule has 1 aromatic carbocycles. The van der Waals surface area contributed by atoms with Gasteiger partial charge in [-0.05, 0) is 31.0 Å². The summed E-state index contributed by atoms with van der Waals surface area (Å²) in [5.41, 5.74) is 1.42. The minimum atomic E-state index is 0.514. The van der Waals surface area contributed by atoms with Gasteiger partial charge in [-0.1, -0.05) is 28.1 Å². The van der Waals surface area contributed by atoms with E-state index >= 15 is 0 Å². The summed E-state index contributed by atoms with van der Waals surface area (Å²) in [7, 11) is 0. The van der Waals surface area contributed by atoms with E-state index in [2.05, 4.69) is 62.2 Å². The van der Waals surface area contributed by atoms with Gasteiger partial charge in [0, 0.05) is 55.8 Å². The zero-order valence-electron chi connectivity index (χ0n) is 12.2. The van der Waals surface area contributed by atoms with Gasteiger partial charge in [-0.2, -0.15) is 0 Å². The molecule has 0 bridgehead atoms. The van der Waals surface area contributed by atoms with Crippen LogP contribution < -0.4 is 5.32 Å². The zero-order chi connectivity index (χ0) is 13.9. The molecular weight excluding hydrogens is 314 g/mol. The second-order valence-electron chi connectivity index (χ2n) is 5.95. The highest BCUT2D eigenvalue weighted by Crippen LogP contribution is 2.28. The van der Waals surface area contributed by atoms with Crippen molar-refractivity contribution in [3.63, 3.8) is 0 Å². The Morgan fingerprint density at radius 2 is 2.05 bits per heavy atom. The highest BCUT2D eigenvalue weighted by atomic mass is 79.9. The zero-order valence-corrected chi connectivity index (χ0v) is 13.8. The second kappa shape index (κ2) is 6.56. The molecule has 2 aliphatic rings. The average molecular weight is 338 g/mol. The van der Waals surface area contributed by atoms with Gasteiger partial charge in [-0.15, -0.1) is 0 Å². The lowest BCUT2D eigenvalue weighted by Crippen LogP contribution is -2.49. The summed E-state index contributed by atoms with van der Waals surface area (Å²) in [6.07, 6.45) is 1.32. The monoisotopic (exact) mass is 337 g/mol. The van der Waals surface area contributed by atoms with Gasteiger partial charge in [0.2, 0.25) is 0 Å². The van der Waals surface area contributed by atoms with E-state index in [4.69, 9.17) is 0 Å². The molecule has 110 valence electrons. The predicted octanol–water partition coefficient (Wildman–Crippen LogP) is 2.49. The number of hydrogen-bond donors (Lipinski definition) is 1. The molecule has 20 heavy (non-hydrogen) atoms. The van der Waals surface area contributed by atoms with E-state index < -0.39 is 0 Å². The minimum absolute atomic E-state index is 0.514. The van der Waals surface area contributed by atoms with E-state index in [1.807, 2.05) is 0 Å². The Morgan fingerprint density at radius 3 is 2.80 bits per heavy atom. The van der Waals surface area contributed by atoms with Crippen LogP contribution in [0.2, 0.25) is 0 Å². The van der Waals surface area contributed by atoms with Gasteiger partial charge >= 0.3 is 0 Å². The topological polar surface area (TPSA) is 18.5 Å². The van der Waals surface area contributed by atoms with Crippen molar-refractivity contribution < 1.29 is 0 Å². The molecule has 0 aliphatic carbocycles. The van der Waals surface area contributed by atoms with Crippen LogP contribution in [0.15, 0.2) is 28.7 Å². The Morgan fingerprint density at radius 1 is 1.25 bits per heavy atom. The fraction of sp³-hybridized carbons (Fsp3) is 0.625. The Hall–Kier alpha value is -0.420. The molecule has 0 radical (unpaired) electrons. The molecule has 2 aliphatic heterocycles. The maximum atomic E-state index is 3.58. The third kappa shape index (κ3) is 3.25. The lowest BCUT2D eigenvalue weighted by atomic mass is 10.1. The van der Waals surface area contributed by atoms with E-state index in [1.165, 1.54) is 42.6 Å². The van der Waals surface area contributed by atoms with Crippen molar-refractivity contribution in [3.8, 4) is 0 Å². The summed E-state index contributed by atoms with van der Waals surface area (Å²) in [5.74, 6) is 0. The number of rotatable bonds is 3. The molecule has 4 heteroatoms. The van der Waals surface area contributed by atoms with Crippen molar-refractivity contribution >= 4 is 15.9 Å². The van der Waals surface area contributed by atoms with E-state index in [9.17, 15) is 0 Å². The van der Waals surface area contributed by atoms with E-state index in [0.717, 1.165) is 19.1 Å². The quantitative estimate of drug-likeness (QED) is 0.914. The molecule has 0 aromatic heterocycles. The first-order chi connectivity index (χ1) is 9.74. The summed E-state index contributed by atoms with van der Waals surface area (Å²) in [6, 6.07) is 10.0. The molecule has 0 amide bonds. The SMILES string of the molecule is CC(c1cccc(Br)c1)N1CCC(N2CCNCC2)C1. The predicted molar refractivity (Wildman–Crippen MR) is 87.0 cm³/mol. The summed E-state index contributed by atoms with van der Waals surface area (Å²) in [5, 5.41) is 3.44. The summed E-state index contributed by atoms with van der Waals surface area (Å²) >= 11 is 3.58. The Balaban J connectivity index is 1.61. The first kappa shape index (κ1) is 14.5. The van der Waals surface area contributed by atoms with Crippen LogP contribution in [0.1, 0.15) is 24.9 Å². The first-order valence-electron chi connectivity index (χ1n) is 7.68. The molecule has 0 saturated carbocycles. The van der Waals surface area contributed by atoms with E-state index in [1.54, 1.807) is 0 Å². The Kier molecular flexibility index (Phi) is 4.76. The van der Waals surface area contributed by atoms with E-state index in [0.29, 0.717) is 6.04 Å². The van der Waals surface area contributed by atoms with Gasteiger partial charge in [-0.25, -0.2) is 0 Å². The average Bonchev–Trinajstić information content (AvgIpc) is 2.97. The molecule has 3 nitrogen and oxygen atoms in total. The van der Waals surface area contributed by atoms with Crippen LogP contribution in [-0.2, 0) is 0 Å². The van der Waals surface area contributed by atoms with Crippen LogP contribution in [-0.4, -0.2) is 55.1 Å². The molecule has 0 spiro atoms. The van der Waals surface area contributed by atoms with Crippen LogP contribution >= 0.6 is 15.9 Å². The number of hydrogen-bond acceptors (Lipinski definition) is 3. The highest BCUT2D eigenvalue weighted by Gasteiger charge is 2.31. The maximum absolute atomic E-state index is 3.58. The van der Waals surface area contributed by atoms with Gasteiger partial charge < -0.3 is 5.32 Å². The molecule has 2 fully saturated rings. The van der Waals surface area contributed by atoms with Gasteiger partial charge in [0.05, 0.1) is 0 Å². The molecular formula is C16H24BrN3. The standard InChI is InChI=1S/C16H24BrN3/c1-13(14-3-2-4-15(17)11-14)20-8-5-16(12-20)19-9-6-18-7-10-19/h2-4,11,13,16,18H,5-10,12H2,1H3. The van der Waals surface area contributed by atoms with Gasteiger partial charge in [0.15, 0.2) is 0 Å². The molecule has 2 unspecified atom stereocenters. The number of nitrogens with one attached hydrogen (secondary N) is 1. The number of benzene rings is 1. The van der Waals surface area contributed by atoms with Crippen LogP contribution in [0.4, 0.5) is 0 Å². The fourth-order valence-corrected chi connectivity index (χ4v) is 3.86. The fourth-order valence-electron chi connectivity index (χ4n) is 3.44. The second-order valence-corrected chi connectivity index (χ2v) is 6.87. The molecule has 1 aromatic rings. The summed E-state index contributed by atoms with van der Waals surface area (Å²) in [6.45, 7) is 9.50. The van der Waals surface area contributed by atoms with Crippen molar-refractivity contribution in [2.45, 2.75) is 25.4 Å². The van der Waals surface area contributed by atoms with Crippen LogP contribution in [0, 0.1) is 0 Å². The normalized spacial score (nSPS) is 26.8. The smallest absolute Gasteiger partial charge is 0.0320 e. The first-order valence-corrected chi connectivity index (χ1v) is 8.47. The number of halogens is 1. The highest BCUT2D eigenvalue weighted by molar-refractivity contribution is 9.10. The lowest BCUT2D eigenvalue weighted by Gasteiger charge is -2.33. The largest absolute Gasteiger partial charge is 0.314 e. The van der Waals surface area contributed by atoms with Crippen molar-refractivity contribution in [1.29, 1.82) is 0 Å². The minimum Gasteiger partial charge on any atom is -0.314 e. The molecule has 3 rings (SSSR count). The maximum Gasteiger partial charge on any atom is 0.0320 e.